The molecule has 0 aromatic rings. The highest BCUT2D eigenvalue weighted by molar-refractivity contribution is 4.86. The summed E-state index contributed by atoms with van der Waals surface area (Å²) in [7, 11) is 0. The van der Waals surface area contributed by atoms with Gasteiger partial charge in [-0.1, -0.05) is 0 Å². The second kappa shape index (κ2) is 6.94. The molecule has 1 radical (unpaired) electrons. The first-order chi connectivity index (χ1) is 3.81. The van der Waals surface area contributed by atoms with Gasteiger partial charge in [0.25, 0.3) is 0 Å². The lowest BCUT2D eigenvalue weighted by molar-refractivity contribution is 0.736. The Morgan fingerprint density at radius 3 is 2.33 bits per heavy atom. The first kappa shape index (κ1) is 10.8. The molecule has 0 rings (SSSR count). The molecule has 9 heavy (non-hydrogen) atoms. The van der Waals surface area contributed by atoms with E-state index in [1.165, 1.54) is 0 Å². The van der Waals surface area contributed by atoms with E-state index in [1.807, 2.05) is 12.1 Å². The lowest BCUT2D eigenvalue weighted by Gasteiger charge is -1.91. The third-order valence-electron chi connectivity index (χ3n) is 0.787. The minimum absolute atomic E-state index is 0. The molecular weight excluding hydrogens is 114 g/mol. The fourth-order valence-corrected chi connectivity index (χ4v) is 0.303. The molecule has 0 aromatic carbocycles. The van der Waals surface area contributed by atoms with Gasteiger partial charge < -0.3 is 6.15 Å². The summed E-state index contributed by atoms with van der Waals surface area (Å²) >= 11 is 0. The zero-order valence-electron chi connectivity index (χ0n) is 5.30. The summed E-state index contributed by atoms with van der Waals surface area (Å²) in [6, 6.07) is 3.88. The summed E-state index contributed by atoms with van der Waals surface area (Å²) in [5.74, 6) is -0.213. The first-order valence-electron chi connectivity index (χ1n) is 2.41. The van der Waals surface area contributed by atoms with Crippen LogP contribution in [0.15, 0.2) is 0 Å². The maximum atomic E-state index is 8.14. The van der Waals surface area contributed by atoms with Crippen molar-refractivity contribution in [3.63, 3.8) is 0 Å². The Kier molecular flexibility index (Phi) is 8.36. The van der Waals surface area contributed by atoms with Crippen molar-refractivity contribution in [2.75, 3.05) is 0 Å². The van der Waals surface area contributed by atoms with Gasteiger partial charge in [0.15, 0.2) is 0 Å². The van der Waals surface area contributed by atoms with Crippen LogP contribution >= 0.6 is 0 Å². The summed E-state index contributed by atoms with van der Waals surface area (Å²) in [6.45, 7) is 3.48. The van der Waals surface area contributed by atoms with Crippen LogP contribution in [-0.2, 0) is 0 Å². The van der Waals surface area contributed by atoms with E-state index in [2.05, 4.69) is 6.92 Å². The predicted octanol–water partition coefficient (Wildman–Crippen LogP) is 1.43. The molecule has 0 bridgehead atoms. The normalized spacial score (nSPS) is 10.1. The van der Waals surface area contributed by atoms with Gasteiger partial charge in [0.1, 0.15) is 0 Å². The number of hydrogen-bond acceptors (Lipinski definition) is 3. The molecule has 1 atom stereocenters. The Balaban J connectivity index is 0. The van der Waals surface area contributed by atoms with E-state index in [1.54, 1.807) is 0 Å². The van der Waals surface area contributed by atoms with E-state index >= 15 is 0 Å². The molecule has 0 amide bonds. The van der Waals surface area contributed by atoms with Gasteiger partial charge in [0.05, 0.1) is 12.1 Å². The molecular formula is C6H10N3. The molecule has 0 aromatic heterocycles. The summed E-state index contributed by atoms with van der Waals surface area (Å²) < 4.78 is 0. The second-order valence-corrected chi connectivity index (χ2v) is 1.52. The van der Waals surface area contributed by atoms with Gasteiger partial charge in [0.2, 0.25) is 0 Å². The molecule has 0 aliphatic rings. The van der Waals surface area contributed by atoms with Crippen LogP contribution in [0.25, 0.3) is 0 Å². The fourth-order valence-electron chi connectivity index (χ4n) is 0.303. The first-order valence-corrected chi connectivity index (χ1v) is 2.41. The summed E-state index contributed by atoms with van der Waals surface area (Å²) in [4.78, 5) is 0. The molecule has 3 nitrogen and oxygen atoms in total. The van der Waals surface area contributed by atoms with E-state index in [0.717, 1.165) is 0 Å². The van der Waals surface area contributed by atoms with Crippen molar-refractivity contribution in [3.05, 3.63) is 6.92 Å². The van der Waals surface area contributed by atoms with Gasteiger partial charge in [-0.2, -0.15) is 10.5 Å². The number of rotatable bonds is 2. The van der Waals surface area contributed by atoms with Crippen molar-refractivity contribution in [2.24, 2.45) is 5.92 Å². The van der Waals surface area contributed by atoms with Crippen LogP contribution in [0, 0.1) is 35.5 Å². The largest absolute Gasteiger partial charge is 0.344 e. The maximum Gasteiger partial charge on any atom is 0.0656 e. The van der Waals surface area contributed by atoms with Crippen LogP contribution in [0.3, 0.4) is 0 Å². The minimum atomic E-state index is -0.213. The van der Waals surface area contributed by atoms with Crippen LogP contribution in [0.1, 0.15) is 12.8 Å². The van der Waals surface area contributed by atoms with E-state index in [0.29, 0.717) is 12.8 Å². The van der Waals surface area contributed by atoms with Crippen molar-refractivity contribution in [1.29, 1.82) is 10.5 Å². The fraction of sp³-hybridized carbons (Fsp3) is 0.500. The van der Waals surface area contributed by atoms with Crippen LogP contribution in [0.4, 0.5) is 0 Å². The van der Waals surface area contributed by atoms with Crippen LogP contribution in [-0.4, -0.2) is 0 Å². The van der Waals surface area contributed by atoms with Crippen molar-refractivity contribution in [1.82, 2.24) is 6.15 Å². The summed E-state index contributed by atoms with van der Waals surface area (Å²) in [5.41, 5.74) is 0. The number of nitriles is 2. The average molecular weight is 124 g/mol. The van der Waals surface area contributed by atoms with E-state index in [4.69, 9.17) is 10.5 Å². The molecule has 0 spiro atoms. The molecule has 0 heterocycles. The van der Waals surface area contributed by atoms with Gasteiger partial charge in [0, 0.05) is 12.3 Å². The molecule has 0 saturated heterocycles. The molecule has 0 aliphatic heterocycles. The molecule has 3 N–H and O–H groups in total. The van der Waals surface area contributed by atoms with E-state index < -0.39 is 0 Å². The van der Waals surface area contributed by atoms with Gasteiger partial charge in [-0.25, -0.2) is 0 Å². The van der Waals surface area contributed by atoms with Crippen molar-refractivity contribution < 1.29 is 0 Å². The van der Waals surface area contributed by atoms with Crippen molar-refractivity contribution in [2.45, 2.75) is 12.8 Å². The van der Waals surface area contributed by atoms with Gasteiger partial charge >= 0.3 is 0 Å². The second-order valence-electron chi connectivity index (χ2n) is 1.52. The SMILES string of the molecule is N.[CH2]C(C#N)CCC#N. The van der Waals surface area contributed by atoms with E-state index in [9.17, 15) is 0 Å². The standard InChI is InChI=1S/C6H7N2.H3N/c1-6(5-8)3-2-4-7;/h6H,1-3H2;1H3. The zero-order valence-corrected chi connectivity index (χ0v) is 5.30. The minimum Gasteiger partial charge on any atom is -0.344 e. The number of hydrogen-bond donors (Lipinski definition) is 1. The van der Waals surface area contributed by atoms with Gasteiger partial charge in [-0.15, -0.1) is 0 Å². The van der Waals surface area contributed by atoms with Crippen molar-refractivity contribution in [3.8, 4) is 12.1 Å². The Morgan fingerprint density at radius 1 is 1.44 bits per heavy atom. The third-order valence-corrected chi connectivity index (χ3v) is 0.787. The lowest BCUT2D eigenvalue weighted by Crippen LogP contribution is -1.87. The number of nitrogens with zero attached hydrogens (tertiary/aromatic N) is 2. The Bertz CT molecular complexity index is 128. The highest BCUT2D eigenvalue weighted by Crippen LogP contribution is 2.00. The third kappa shape index (κ3) is 6.94. The Labute approximate surface area is 55.5 Å². The topological polar surface area (TPSA) is 82.6 Å². The zero-order chi connectivity index (χ0) is 6.41. The molecule has 0 fully saturated rings. The average Bonchev–Trinajstić information content (AvgIpc) is 1.83. The lowest BCUT2D eigenvalue weighted by atomic mass is 10.1. The molecule has 3 heteroatoms. The van der Waals surface area contributed by atoms with E-state index in [-0.39, 0.29) is 12.1 Å². The highest BCUT2D eigenvalue weighted by atomic mass is 14.3. The highest BCUT2D eigenvalue weighted by Gasteiger charge is 1.95. The molecule has 1 unspecified atom stereocenters. The smallest absolute Gasteiger partial charge is 0.0656 e. The predicted molar refractivity (Wildman–Crippen MR) is 34.3 cm³/mol. The van der Waals surface area contributed by atoms with Crippen LogP contribution < -0.4 is 6.15 Å². The summed E-state index contributed by atoms with van der Waals surface area (Å²) in [6.07, 6.45) is 1.02. The summed E-state index contributed by atoms with van der Waals surface area (Å²) in [5, 5.41) is 16.2. The monoisotopic (exact) mass is 124 g/mol. The van der Waals surface area contributed by atoms with Crippen molar-refractivity contribution >= 4 is 0 Å². The molecule has 49 valence electrons. The molecule has 0 saturated carbocycles. The Hall–Kier alpha value is -1.06. The van der Waals surface area contributed by atoms with Crippen LogP contribution in [0.5, 0.6) is 0 Å². The Morgan fingerprint density at radius 2 is 2.00 bits per heavy atom. The van der Waals surface area contributed by atoms with Gasteiger partial charge in [-0.3, -0.25) is 0 Å². The quantitative estimate of drug-likeness (QED) is 0.604. The molecule has 0 aliphatic carbocycles. The maximum absolute atomic E-state index is 8.14. The van der Waals surface area contributed by atoms with Crippen LogP contribution in [0.2, 0.25) is 0 Å². The van der Waals surface area contributed by atoms with Gasteiger partial charge in [-0.05, 0) is 13.3 Å².